The molecule has 4 amide bonds. The molecule has 11 N–H and O–H groups in total. The van der Waals surface area contributed by atoms with Crippen molar-refractivity contribution >= 4 is 29.6 Å². The van der Waals surface area contributed by atoms with Crippen molar-refractivity contribution < 1.29 is 64.1 Å². The van der Waals surface area contributed by atoms with Crippen LogP contribution in [0.25, 0.3) is 0 Å². The molecule has 0 aromatic carbocycles. The molecule has 1 saturated heterocycles. The van der Waals surface area contributed by atoms with Crippen LogP contribution in [0.4, 0.5) is 0 Å². The van der Waals surface area contributed by atoms with Crippen LogP contribution >= 0.6 is 0 Å². The summed E-state index contributed by atoms with van der Waals surface area (Å²) < 4.78 is 10.5. The number of hydrogen-bond donors (Lipinski definition) is 10. The first-order chi connectivity index (χ1) is 17.2. The summed E-state index contributed by atoms with van der Waals surface area (Å²) in [6, 6.07) is -4.10. The van der Waals surface area contributed by atoms with Crippen molar-refractivity contribution in [3.63, 3.8) is 0 Å². The zero-order valence-corrected chi connectivity index (χ0v) is 20.1. The van der Waals surface area contributed by atoms with E-state index in [9.17, 15) is 44.4 Å². The van der Waals surface area contributed by atoms with E-state index in [1.54, 1.807) is 0 Å². The number of amides is 4. The van der Waals surface area contributed by atoms with E-state index in [0.717, 1.165) is 0 Å². The molecule has 1 aliphatic heterocycles. The van der Waals surface area contributed by atoms with Crippen LogP contribution in [0.15, 0.2) is 0 Å². The Bertz CT molecular complexity index is 828. The number of rotatable bonds is 14. The molecule has 1 fully saturated rings. The van der Waals surface area contributed by atoms with Crippen molar-refractivity contribution in [2.75, 3.05) is 13.2 Å². The van der Waals surface area contributed by atoms with Crippen LogP contribution in [0.1, 0.15) is 26.7 Å². The lowest BCUT2D eigenvalue weighted by atomic mass is 9.96. The van der Waals surface area contributed by atoms with Gasteiger partial charge in [0.1, 0.15) is 42.5 Å². The number of ether oxygens (including phenoxy) is 2. The molecule has 1 aliphatic rings. The highest BCUT2D eigenvalue weighted by molar-refractivity contribution is 5.92. The Labute approximate surface area is 210 Å². The minimum atomic E-state index is -1.87. The van der Waals surface area contributed by atoms with Crippen molar-refractivity contribution in [2.24, 2.45) is 5.73 Å². The summed E-state index contributed by atoms with van der Waals surface area (Å²) in [5.41, 5.74) is 5.16. The second-order valence-corrected chi connectivity index (χ2v) is 8.34. The largest absolute Gasteiger partial charge is 0.481 e. The second-order valence-electron chi connectivity index (χ2n) is 8.34. The van der Waals surface area contributed by atoms with E-state index in [0.29, 0.717) is 0 Å². The fraction of sp³-hybridized carbons (Fsp3) is 0.750. The van der Waals surface area contributed by atoms with Crippen LogP contribution in [0, 0.1) is 0 Å². The van der Waals surface area contributed by atoms with E-state index in [2.05, 4.69) is 16.0 Å². The van der Waals surface area contributed by atoms with Gasteiger partial charge in [0.15, 0.2) is 12.4 Å². The topological polar surface area (TPSA) is 287 Å². The molecule has 0 bridgehead atoms. The first-order valence-electron chi connectivity index (χ1n) is 11.2. The maximum atomic E-state index is 12.6. The number of nitrogens with two attached hydrogens (primary N) is 1. The Morgan fingerprint density at radius 2 is 1.65 bits per heavy atom. The summed E-state index contributed by atoms with van der Waals surface area (Å²) >= 11 is 0. The number of nitrogens with one attached hydrogen (secondary N) is 3. The van der Waals surface area contributed by atoms with Crippen molar-refractivity contribution in [3.8, 4) is 0 Å². The van der Waals surface area contributed by atoms with Gasteiger partial charge in [-0.3, -0.25) is 24.0 Å². The number of carbonyl (C=O) groups is 5. The fourth-order valence-corrected chi connectivity index (χ4v) is 3.29. The maximum absolute atomic E-state index is 12.6. The zero-order valence-electron chi connectivity index (χ0n) is 20.1. The Morgan fingerprint density at radius 3 is 2.16 bits per heavy atom. The van der Waals surface area contributed by atoms with Crippen molar-refractivity contribution in [1.82, 2.24) is 16.0 Å². The monoisotopic (exact) mass is 538 g/mol. The molecule has 212 valence electrons. The highest BCUT2D eigenvalue weighted by Gasteiger charge is 2.47. The molecule has 1 heterocycles. The SMILES string of the molecule is C[C@H](NC(=O)[C@@H](C)OC1C(O)C(CO)OC(O)C1NC(=O)[C@H](O)CO)C(=O)N[C@H](CCC(=O)O)C(N)=O. The molecular weight excluding hydrogens is 504 g/mol. The Hall–Kier alpha value is -2.93. The molecule has 0 aliphatic carbocycles. The number of hydrogen-bond acceptors (Lipinski definition) is 12. The number of carboxylic acids is 1. The summed E-state index contributed by atoms with van der Waals surface area (Å²) in [6.07, 6.45) is -10.5. The van der Waals surface area contributed by atoms with Gasteiger partial charge < -0.3 is 61.8 Å². The minimum Gasteiger partial charge on any atom is -0.481 e. The lowest BCUT2D eigenvalue weighted by Gasteiger charge is -2.43. The first-order valence-corrected chi connectivity index (χ1v) is 11.2. The molecule has 0 aromatic rings. The number of aliphatic carboxylic acids is 1. The Morgan fingerprint density at radius 1 is 1.03 bits per heavy atom. The lowest BCUT2D eigenvalue weighted by Crippen LogP contribution is -2.66. The standard InChI is InChI=1S/C20H34N4O13/c1-7(17(32)23-9(16(21)31)3-4-12(28)29)22-18(33)8(2)36-15-13(24-19(34)10(27)5-25)20(35)37-11(6-26)14(15)30/h7-11,13-15,20,25-27,30,35H,3-6H2,1-2H3,(H2,21,31)(H,22,33)(H,23,32)(H,24,34)(H,28,29)/t7-,8+,9+,10+,11?,13?,14?,15?,20?/m0/s1. The number of aliphatic hydroxyl groups is 5. The van der Waals surface area contributed by atoms with Gasteiger partial charge in [-0.15, -0.1) is 0 Å². The average Bonchev–Trinajstić information content (AvgIpc) is 2.84. The molecule has 5 unspecified atom stereocenters. The van der Waals surface area contributed by atoms with Gasteiger partial charge in [0.05, 0.1) is 13.2 Å². The van der Waals surface area contributed by atoms with Crippen LogP contribution in [0.3, 0.4) is 0 Å². The normalized spacial score (nSPS) is 26.7. The van der Waals surface area contributed by atoms with Crippen LogP contribution < -0.4 is 21.7 Å². The number of primary amides is 1. The van der Waals surface area contributed by atoms with E-state index < -0.39 is 104 Å². The molecule has 37 heavy (non-hydrogen) atoms. The summed E-state index contributed by atoms with van der Waals surface area (Å²) in [4.78, 5) is 59.1. The van der Waals surface area contributed by atoms with Crippen molar-refractivity contribution in [2.45, 2.75) is 81.6 Å². The van der Waals surface area contributed by atoms with Gasteiger partial charge in [-0.25, -0.2) is 0 Å². The molecule has 17 nitrogen and oxygen atoms in total. The van der Waals surface area contributed by atoms with E-state index in [1.807, 2.05) is 0 Å². The van der Waals surface area contributed by atoms with Gasteiger partial charge in [0.25, 0.3) is 5.91 Å². The van der Waals surface area contributed by atoms with E-state index in [4.69, 9.17) is 25.4 Å². The van der Waals surface area contributed by atoms with E-state index >= 15 is 0 Å². The van der Waals surface area contributed by atoms with Gasteiger partial charge in [0.2, 0.25) is 17.7 Å². The number of aliphatic hydroxyl groups excluding tert-OH is 5. The quantitative estimate of drug-likeness (QED) is 0.0986. The Kier molecular flexibility index (Phi) is 12.8. The van der Waals surface area contributed by atoms with Crippen LogP contribution in [0.2, 0.25) is 0 Å². The molecule has 1 rings (SSSR count). The maximum Gasteiger partial charge on any atom is 0.303 e. The van der Waals surface area contributed by atoms with Gasteiger partial charge in [0, 0.05) is 6.42 Å². The van der Waals surface area contributed by atoms with Gasteiger partial charge in [-0.2, -0.15) is 0 Å². The predicted molar refractivity (Wildman–Crippen MR) is 119 cm³/mol. The lowest BCUT2D eigenvalue weighted by molar-refractivity contribution is -0.266. The average molecular weight is 539 g/mol. The second kappa shape index (κ2) is 14.7. The molecule has 9 atom stereocenters. The third-order valence-electron chi connectivity index (χ3n) is 5.45. The van der Waals surface area contributed by atoms with Crippen molar-refractivity contribution in [3.05, 3.63) is 0 Å². The molecule has 0 radical (unpaired) electrons. The first kappa shape index (κ1) is 32.1. The number of carboxylic acid groups (broad SMARTS) is 1. The summed E-state index contributed by atoms with van der Waals surface area (Å²) in [7, 11) is 0. The minimum absolute atomic E-state index is 0.273. The Balaban J connectivity index is 2.89. The number of carbonyl (C=O) groups excluding carboxylic acids is 4. The van der Waals surface area contributed by atoms with Gasteiger partial charge >= 0.3 is 5.97 Å². The fourth-order valence-electron chi connectivity index (χ4n) is 3.29. The van der Waals surface area contributed by atoms with E-state index in [1.165, 1.54) is 13.8 Å². The van der Waals surface area contributed by atoms with Gasteiger partial charge in [-0.05, 0) is 20.3 Å². The van der Waals surface area contributed by atoms with Crippen molar-refractivity contribution in [1.29, 1.82) is 0 Å². The molecule has 17 heteroatoms. The zero-order chi connectivity index (χ0) is 28.4. The highest BCUT2D eigenvalue weighted by atomic mass is 16.6. The third-order valence-corrected chi connectivity index (χ3v) is 5.45. The predicted octanol–water partition coefficient (Wildman–Crippen LogP) is -5.99. The summed E-state index contributed by atoms with van der Waals surface area (Å²) in [5.74, 6) is -5.10. The molecule has 0 saturated carbocycles. The summed E-state index contributed by atoms with van der Waals surface area (Å²) in [5, 5.41) is 63.9. The smallest absolute Gasteiger partial charge is 0.303 e. The molecular formula is C20H34N4O13. The molecule has 0 aromatic heterocycles. The summed E-state index contributed by atoms with van der Waals surface area (Å²) in [6.45, 7) is 0.750. The molecule has 0 spiro atoms. The highest BCUT2D eigenvalue weighted by Crippen LogP contribution is 2.24. The van der Waals surface area contributed by atoms with E-state index in [-0.39, 0.29) is 6.42 Å². The van der Waals surface area contributed by atoms with Crippen LogP contribution in [0.5, 0.6) is 0 Å². The van der Waals surface area contributed by atoms with Crippen LogP contribution in [-0.2, 0) is 33.4 Å². The van der Waals surface area contributed by atoms with Crippen LogP contribution in [-0.4, -0.2) is 128 Å². The van der Waals surface area contributed by atoms with Gasteiger partial charge in [-0.1, -0.05) is 0 Å². The third kappa shape index (κ3) is 9.47.